The van der Waals surface area contributed by atoms with E-state index in [1.165, 1.54) is 44.6 Å². The van der Waals surface area contributed by atoms with Crippen molar-refractivity contribution in [3.63, 3.8) is 0 Å². The number of nitrogens with one attached hydrogen (secondary N) is 1. The summed E-state index contributed by atoms with van der Waals surface area (Å²) in [6.07, 6.45) is 8.08. The number of phenols is 2. The lowest BCUT2D eigenvalue weighted by atomic mass is 9.93. The molecule has 3 heteroatoms. The van der Waals surface area contributed by atoms with E-state index in [-0.39, 0.29) is 11.5 Å². The molecule has 3 N–H and O–H groups in total. The molecule has 19 heavy (non-hydrogen) atoms. The predicted molar refractivity (Wildman–Crippen MR) is 77.3 cm³/mol. The van der Waals surface area contributed by atoms with Crippen molar-refractivity contribution in [3.05, 3.63) is 23.8 Å². The molecule has 3 nitrogen and oxygen atoms in total. The molecule has 0 spiro atoms. The SMILES string of the molecule is C[C@@H](NCc1ccc(O)cc1O)C1CCCCCC1. The van der Waals surface area contributed by atoms with Crippen LogP contribution in [0, 0.1) is 5.92 Å². The maximum Gasteiger partial charge on any atom is 0.123 e. The quantitative estimate of drug-likeness (QED) is 0.728. The Labute approximate surface area is 115 Å². The van der Waals surface area contributed by atoms with Gasteiger partial charge in [-0.2, -0.15) is 0 Å². The Balaban J connectivity index is 1.86. The van der Waals surface area contributed by atoms with Gasteiger partial charge in [0.1, 0.15) is 11.5 Å². The van der Waals surface area contributed by atoms with Gasteiger partial charge in [0.2, 0.25) is 0 Å². The normalized spacial score (nSPS) is 19.0. The summed E-state index contributed by atoms with van der Waals surface area (Å²) in [6, 6.07) is 5.27. The zero-order valence-corrected chi connectivity index (χ0v) is 11.7. The molecule has 0 bridgehead atoms. The zero-order valence-electron chi connectivity index (χ0n) is 11.7. The number of aromatic hydroxyl groups is 2. The van der Waals surface area contributed by atoms with Crippen LogP contribution in [0.15, 0.2) is 18.2 Å². The van der Waals surface area contributed by atoms with Crippen LogP contribution in [0.2, 0.25) is 0 Å². The molecule has 0 aromatic heterocycles. The van der Waals surface area contributed by atoms with Crippen molar-refractivity contribution < 1.29 is 10.2 Å². The van der Waals surface area contributed by atoms with Crippen LogP contribution in [0.1, 0.15) is 51.0 Å². The second-order valence-corrected chi connectivity index (χ2v) is 5.73. The van der Waals surface area contributed by atoms with E-state index >= 15 is 0 Å². The smallest absolute Gasteiger partial charge is 0.123 e. The molecule has 1 fully saturated rings. The van der Waals surface area contributed by atoms with Gasteiger partial charge in [0.15, 0.2) is 0 Å². The lowest BCUT2D eigenvalue weighted by molar-refractivity contribution is 0.334. The molecule has 1 atom stereocenters. The summed E-state index contributed by atoms with van der Waals surface area (Å²) in [7, 11) is 0. The molecule has 2 rings (SSSR count). The third kappa shape index (κ3) is 4.13. The van der Waals surface area contributed by atoms with Crippen LogP contribution in [-0.2, 0) is 6.54 Å². The minimum atomic E-state index is 0.109. The Morgan fingerprint density at radius 3 is 2.47 bits per heavy atom. The topological polar surface area (TPSA) is 52.5 Å². The van der Waals surface area contributed by atoms with E-state index in [0.29, 0.717) is 12.6 Å². The fraction of sp³-hybridized carbons (Fsp3) is 0.625. The van der Waals surface area contributed by atoms with Crippen molar-refractivity contribution in [2.24, 2.45) is 5.92 Å². The molecule has 1 aliphatic rings. The van der Waals surface area contributed by atoms with Gasteiger partial charge in [0, 0.05) is 24.2 Å². The first-order chi connectivity index (χ1) is 9.16. The van der Waals surface area contributed by atoms with Crippen molar-refractivity contribution in [1.29, 1.82) is 0 Å². The number of rotatable bonds is 4. The summed E-state index contributed by atoms with van der Waals surface area (Å²) in [4.78, 5) is 0. The second-order valence-electron chi connectivity index (χ2n) is 5.73. The van der Waals surface area contributed by atoms with Crippen LogP contribution in [0.4, 0.5) is 0 Å². The maximum atomic E-state index is 9.76. The molecule has 0 aliphatic heterocycles. The van der Waals surface area contributed by atoms with E-state index in [1.807, 2.05) is 0 Å². The van der Waals surface area contributed by atoms with E-state index in [0.717, 1.165) is 11.5 Å². The molecule has 1 aliphatic carbocycles. The van der Waals surface area contributed by atoms with E-state index in [4.69, 9.17) is 0 Å². The largest absolute Gasteiger partial charge is 0.508 e. The van der Waals surface area contributed by atoms with Crippen molar-refractivity contribution in [3.8, 4) is 11.5 Å². The highest BCUT2D eigenvalue weighted by atomic mass is 16.3. The molecule has 0 heterocycles. The highest BCUT2D eigenvalue weighted by Crippen LogP contribution is 2.26. The second kappa shape index (κ2) is 6.80. The van der Waals surface area contributed by atoms with E-state index in [2.05, 4.69) is 12.2 Å². The maximum absolute atomic E-state index is 9.76. The molecule has 0 radical (unpaired) electrons. The summed E-state index contributed by atoms with van der Waals surface area (Å²) < 4.78 is 0. The molecular weight excluding hydrogens is 238 g/mol. The minimum Gasteiger partial charge on any atom is -0.508 e. The third-order valence-electron chi connectivity index (χ3n) is 4.29. The molecule has 1 aromatic carbocycles. The van der Waals surface area contributed by atoms with E-state index in [1.54, 1.807) is 12.1 Å². The molecule has 0 amide bonds. The van der Waals surface area contributed by atoms with Gasteiger partial charge in [-0.15, -0.1) is 0 Å². The molecule has 0 saturated heterocycles. The summed E-state index contributed by atoms with van der Waals surface area (Å²) >= 11 is 0. The van der Waals surface area contributed by atoms with Gasteiger partial charge < -0.3 is 15.5 Å². The number of phenolic OH excluding ortho intramolecular Hbond substituents is 2. The van der Waals surface area contributed by atoms with E-state index in [9.17, 15) is 10.2 Å². The number of hydrogen-bond acceptors (Lipinski definition) is 3. The predicted octanol–water partition coefficient (Wildman–Crippen LogP) is 3.55. The Morgan fingerprint density at radius 2 is 1.84 bits per heavy atom. The van der Waals surface area contributed by atoms with Gasteiger partial charge in [-0.25, -0.2) is 0 Å². The van der Waals surface area contributed by atoms with Crippen LogP contribution in [0.25, 0.3) is 0 Å². The Kier molecular flexibility index (Phi) is 5.08. The lowest BCUT2D eigenvalue weighted by Crippen LogP contribution is -2.32. The Hall–Kier alpha value is -1.22. The fourth-order valence-corrected chi connectivity index (χ4v) is 2.95. The lowest BCUT2D eigenvalue weighted by Gasteiger charge is -2.24. The van der Waals surface area contributed by atoms with Gasteiger partial charge in [-0.05, 0) is 31.7 Å². The van der Waals surface area contributed by atoms with Crippen molar-refractivity contribution in [2.45, 2.75) is 58.0 Å². The molecular formula is C16H25NO2. The van der Waals surface area contributed by atoms with Crippen LogP contribution < -0.4 is 5.32 Å². The van der Waals surface area contributed by atoms with Crippen LogP contribution in [-0.4, -0.2) is 16.3 Å². The fourth-order valence-electron chi connectivity index (χ4n) is 2.95. The van der Waals surface area contributed by atoms with Gasteiger partial charge in [0.25, 0.3) is 0 Å². The number of benzene rings is 1. The van der Waals surface area contributed by atoms with Crippen LogP contribution >= 0.6 is 0 Å². The molecule has 106 valence electrons. The van der Waals surface area contributed by atoms with E-state index < -0.39 is 0 Å². The summed E-state index contributed by atoms with van der Waals surface area (Å²) in [6.45, 7) is 2.90. The van der Waals surface area contributed by atoms with Crippen molar-refractivity contribution in [2.75, 3.05) is 0 Å². The summed E-state index contributed by atoms with van der Waals surface area (Å²) in [5, 5.41) is 22.5. The first kappa shape index (κ1) is 14.2. The van der Waals surface area contributed by atoms with Crippen molar-refractivity contribution in [1.82, 2.24) is 5.32 Å². The van der Waals surface area contributed by atoms with Gasteiger partial charge in [0.05, 0.1) is 0 Å². The Bertz CT molecular complexity index is 398. The summed E-state index contributed by atoms with van der Waals surface area (Å²) in [5.41, 5.74) is 0.846. The van der Waals surface area contributed by atoms with Gasteiger partial charge in [-0.1, -0.05) is 31.7 Å². The van der Waals surface area contributed by atoms with Crippen LogP contribution in [0.5, 0.6) is 11.5 Å². The third-order valence-corrected chi connectivity index (χ3v) is 4.29. The molecule has 0 unspecified atom stereocenters. The monoisotopic (exact) mass is 263 g/mol. The average Bonchev–Trinajstić information content (AvgIpc) is 2.66. The number of hydrogen-bond donors (Lipinski definition) is 3. The standard InChI is InChI=1S/C16H25NO2/c1-12(13-6-4-2-3-5-7-13)17-11-14-8-9-15(18)10-16(14)19/h8-10,12-13,17-19H,2-7,11H2,1H3/t12-/m1/s1. The van der Waals surface area contributed by atoms with Crippen LogP contribution in [0.3, 0.4) is 0 Å². The minimum absolute atomic E-state index is 0.109. The average molecular weight is 263 g/mol. The zero-order chi connectivity index (χ0) is 13.7. The Morgan fingerprint density at radius 1 is 1.16 bits per heavy atom. The van der Waals surface area contributed by atoms with Crippen molar-refractivity contribution >= 4 is 0 Å². The first-order valence-corrected chi connectivity index (χ1v) is 7.41. The molecule has 1 saturated carbocycles. The molecule has 1 aromatic rings. The van der Waals surface area contributed by atoms with Gasteiger partial charge in [-0.3, -0.25) is 0 Å². The summed E-state index contributed by atoms with van der Waals surface area (Å²) in [5.74, 6) is 1.03. The first-order valence-electron chi connectivity index (χ1n) is 7.41. The highest BCUT2D eigenvalue weighted by molar-refractivity contribution is 5.38. The highest BCUT2D eigenvalue weighted by Gasteiger charge is 2.18. The van der Waals surface area contributed by atoms with Gasteiger partial charge >= 0.3 is 0 Å².